The standard InChI is InChI=1S/C22H24N2O/c1-17-6-8-19(9-7-17)15-24-12-13-25-22(24)20-10-11-23(16-20)21-5-3-4-18(2)14-21/h3-11,14,16,22H,12-13,15H2,1-2H3. The lowest BCUT2D eigenvalue weighted by Crippen LogP contribution is -2.23. The molecule has 0 radical (unpaired) electrons. The first kappa shape index (κ1) is 16.1. The summed E-state index contributed by atoms with van der Waals surface area (Å²) >= 11 is 0. The smallest absolute Gasteiger partial charge is 0.138 e. The highest BCUT2D eigenvalue weighted by atomic mass is 16.5. The van der Waals surface area contributed by atoms with Crippen molar-refractivity contribution in [3.63, 3.8) is 0 Å². The number of aryl methyl sites for hydroxylation is 2. The zero-order valence-corrected chi connectivity index (χ0v) is 14.9. The van der Waals surface area contributed by atoms with Crippen molar-refractivity contribution in [2.75, 3.05) is 13.2 Å². The van der Waals surface area contributed by atoms with Gasteiger partial charge in [0.1, 0.15) is 6.23 Å². The van der Waals surface area contributed by atoms with Gasteiger partial charge in [-0.3, -0.25) is 4.90 Å². The van der Waals surface area contributed by atoms with Crippen LogP contribution in [0.5, 0.6) is 0 Å². The van der Waals surface area contributed by atoms with Gasteiger partial charge in [0.25, 0.3) is 0 Å². The van der Waals surface area contributed by atoms with E-state index in [0.717, 1.165) is 19.7 Å². The van der Waals surface area contributed by atoms with Crippen molar-refractivity contribution in [3.05, 3.63) is 89.2 Å². The van der Waals surface area contributed by atoms with Crippen molar-refractivity contribution in [1.82, 2.24) is 9.47 Å². The van der Waals surface area contributed by atoms with Crippen molar-refractivity contribution in [2.45, 2.75) is 26.6 Å². The van der Waals surface area contributed by atoms with Crippen LogP contribution >= 0.6 is 0 Å². The Labute approximate surface area is 149 Å². The van der Waals surface area contributed by atoms with Crippen molar-refractivity contribution in [3.8, 4) is 5.69 Å². The second-order valence-corrected chi connectivity index (χ2v) is 6.87. The average Bonchev–Trinajstić information content (AvgIpc) is 3.26. The molecule has 2 aromatic carbocycles. The molecule has 3 nitrogen and oxygen atoms in total. The van der Waals surface area contributed by atoms with Gasteiger partial charge in [-0.15, -0.1) is 0 Å². The van der Waals surface area contributed by atoms with E-state index >= 15 is 0 Å². The Hall–Kier alpha value is -2.36. The summed E-state index contributed by atoms with van der Waals surface area (Å²) in [4.78, 5) is 2.40. The van der Waals surface area contributed by atoms with Crippen LogP contribution in [0.4, 0.5) is 0 Å². The maximum absolute atomic E-state index is 6.03. The molecular weight excluding hydrogens is 308 g/mol. The van der Waals surface area contributed by atoms with E-state index in [0.29, 0.717) is 0 Å². The molecule has 1 aliphatic heterocycles. The van der Waals surface area contributed by atoms with Crippen molar-refractivity contribution in [2.24, 2.45) is 0 Å². The van der Waals surface area contributed by atoms with Crippen LogP contribution in [0.3, 0.4) is 0 Å². The monoisotopic (exact) mass is 332 g/mol. The second kappa shape index (κ2) is 6.87. The largest absolute Gasteiger partial charge is 0.357 e. The van der Waals surface area contributed by atoms with Crippen LogP contribution in [0.25, 0.3) is 5.69 Å². The van der Waals surface area contributed by atoms with E-state index in [1.165, 1.54) is 27.9 Å². The lowest BCUT2D eigenvalue weighted by atomic mass is 10.1. The van der Waals surface area contributed by atoms with E-state index in [-0.39, 0.29) is 6.23 Å². The van der Waals surface area contributed by atoms with E-state index in [2.05, 4.69) is 90.3 Å². The molecule has 2 heterocycles. The van der Waals surface area contributed by atoms with E-state index in [1.807, 2.05) is 0 Å². The number of hydrogen-bond acceptors (Lipinski definition) is 2. The summed E-state index contributed by atoms with van der Waals surface area (Å²) in [6.45, 7) is 6.91. The van der Waals surface area contributed by atoms with Crippen LogP contribution in [0.2, 0.25) is 0 Å². The second-order valence-electron chi connectivity index (χ2n) is 6.87. The molecule has 1 fully saturated rings. The quantitative estimate of drug-likeness (QED) is 0.693. The molecule has 1 unspecified atom stereocenters. The van der Waals surface area contributed by atoms with Crippen LogP contribution in [0, 0.1) is 13.8 Å². The lowest BCUT2D eigenvalue weighted by Gasteiger charge is -2.22. The maximum Gasteiger partial charge on any atom is 0.138 e. The molecule has 128 valence electrons. The molecule has 0 aliphatic carbocycles. The molecule has 0 saturated carbocycles. The van der Waals surface area contributed by atoms with Crippen LogP contribution in [-0.2, 0) is 11.3 Å². The Morgan fingerprint density at radius 1 is 1.00 bits per heavy atom. The van der Waals surface area contributed by atoms with Gasteiger partial charge in [-0.05, 0) is 43.2 Å². The number of rotatable bonds is 4. The van der Waals surface area contributed by atoms with Gasteiger partial charge in [0.15, 0.2) is 0 Å². The minimum atomic E-state index is 0.0346. The van der Waals surface area contributed by atoms with Gasteiger partial charge in [0, 0.05) is 36.7 Å². The summed E-state index contributed by atoms with van der Waals surface area (Å²) in [5.41, 5.74) is 6.30. The Bertz CT molecular complexity index is 850. The van der Waals surface area contributed by atoms with Gasteiger partial charge in [-0.1, -0.05) is 42.0 Å². The van der Waals surface area contributed by atoms with Crippen LogP contribution < -0.4 is 0 Å². The molecule has 1 aromatic heterocycles. The highest BCUT2D eigenvalue weighted by Crippen LogP contribution is 2.29. The maximum atomic E-state index is 6.03. The summed E-state index contributed by atoms with van der Waals surface area (Å²) in [6.07, 6.45) is 4.34. The van der Waals surface area contributed by atoms with Crippen LogP contribution in [0.1, 0.15) is 28.5 Å². The Balaban J connectivity index is 1.53. The predicted molar refractivity (Wildman–Crippen MR) is 101 cm³/mol. The molecule has 3 heteroatoms. The number of benzene rings is 2. The first-order valence-corrected chi connectivity index (χ1v) is 8.85. The van der Waals surface area contributed by atoms with Crippen molar-refractivity contribution in [1.29, 1.82) is 0 Å². The van der Waals surface area contributed by atoms with Gasteiger partial charge in [0.05, 0.1) is 6.61 Å². The first-order chi connectivity index (χ1) is 12.2. The van der Waals surface area contributed by atoms with Gasteiger partial charge in [-0.2, -0.15) is 0 Å². The number of nitrogens with zero attached hydrogens (tertiary/aromatic N) is 2. The van der Waals surface area contributed by atoms with Crippen LogP contribution in [0.15, 0.2) is 67.0 Å². The SMILES string of the molecule is Cc1ccc(CN2CCOC2c2ccn(-c3cccc(C)c3)c2)cc1. The molecule has 25 heavy (non-hydrogen) atoms. The molecule has 0 spiro atoms. The fourth-order valence-corrected chi connectivity index (χ4v) is 3.41. The Morgan fingerprint density at radius 2 is 1.84 bits per heavy atom. The average molecular weight is 332 g/mol. The van der Waals surface area contributed by atoms with Crippen molar-refractivity contribution >= 4 is 0 Å². The number of aromatic nitrogens is 1. The molecule has 1 saturated heterocycles. The van der Waals surface area contributed by atoms with Gasteiger partial charge < -0.3 is 9.30 Å². The van der Waals surface area contributed by atoms with Gasteiger partial charge >= 0.3 is 0 Å². The molecule has 4 rings (SSSR count). The molecule has 3 aromatic rings. The minimum absolute atomic E-state index is 0.0346. The fourth-order valence-electron chi connectivity index (χ4n) is 3.41. The normalized spacial score (nSPS) is 17.9. The molecule has 0 N–H and O–H groups in total. The highest BCUT2D eigenvalue weighted by molar-refractivity contribution is 5.37. The lowest BCUT2D eigenvalue weighted by molar-refractivity contribution is 0.0288. The van der Waals surface area contributed by atoms with Crippen LogP contribution in [-0.4, -0.2) is 22.6 Å². The third kappa shape index (κ3) is 3.53. The summed E-state index contributed by atoms with van der Waals surface area (Å²) in [7, 11) is 0. The molecule has 1 aliphatic rings. The zero-order chi connectivity index (χ0) is 17.2. The predicted octanol–water partition coefficient (Wildman–Crippen LogP) is 4.63. The molecule has 1 atom stereocenters. The number of ether oxygens (including phenoxy) is 1. The molecular formula is C22H24N2O. The summed E-state index contributed by atoms with van der Waals surface area (Å²) in [5, 5.41) is 0. The van der Waals surface area contributed by atoms with Crippen molar-refractivity contribution < 1.29 is 4.74 Å². The Morgan fingerprint density at radius 3 is 2.64 bits per heavy atom. The third-order valence-corrected chi connectivity index (χ3v) is 4.79. The number of hydrogen-bond donors (Lipinski definition) is 0. The molecule has 0 bridgehead atoms. The summed E-state index contributed by atoms with van der Waals surface area (Å²) in [6, 6.07) is 19.5. The minimum Gasteiger partial charge on any atom is -0.357 e. The Kier molecular flexibility index (Phi) is 4.43. The third-order valence-electron chi connectivity index (χ3n) is 4.79. The van der Waals surface area contributed by atoms with Gasteiger partial charge in [0.2, 0.25) is 0 Å². The van der Waals surface area contributed by atoms with E-state index < -0.39 is 0 Å². The van der Waals surface area contributed by atoms with E-state index in [4.69, 9.17) is 4.74 Å². The van der Waals surface area contributed by atoms with E-state index in [9.17, 15) is 0 Å². The first-order valence-electron chi connectivity index (χ1n) is 8.85. The fraction of sp³-hybridized carbons (Fsp3) is 0.273. The van der Waals surface area contributed by atoms with E-state index in [1.54, 1.807) is 0 Å². The topological polar surface area (TPSA) is 17.4 Å². The van der Waals surface area contributed by atoms with Gasteiger partial charge in [-0.25, -0.2) is 0 Å². The zero-order valence-electron chi connectivity index (χ0n) is 14.9. The molecule has 0 amide bonds. The summed E-state index contributed by atoms with van der Waals surface area (Å²) < 4.78 is 8.21. The summed E-state index contributed by atoms with van der Waals surface area (Å²) in [5.74, 6) is 0. The highest BCUT2D eigenvalue weighted by Gasteiger charge is 2.27.